The first-order valence-corrected chi connectivity index (χ1v) is 8.14. The van der Waals surface area contributed by atoms with Gasteiger partial charge in [0, 0.05) is 0 Å². The van der Waals surface area contributed by atoms with Crippen molar-refractivity contribution in [1.29, 1.82) is 0 Å². The normalized spacial score (nSPS) is 12.0. The number of fused-ring (bicyclic) bond motifs is 1. The van der Waals surface area contributed by atoms with E-state index in [1.165, 1.54) is 11.8 Å². The van der Waals surface area contributed by atoms with Crippen LogP contribution in [0.15, 0.2) is 58.2 Å². The number of thioether (sulfide) groups is 1. The van der Waals surface area contributed by atoms with Gasteiger partial charge in [0.05, 0.1) is 16.5 Å². The fraction of sp³-hybridized carbons (Fsp3) is 0.118. The van der Waals surface area contributed by atoms with E-state index >= 15 is 0 Å². The summed E-state index contributed by atoms with van der Waals surface area (Å²) in [4.78, 5) is 28.1. The summed E-state index contributed by atoms with van der Waals surface area (Å²) in [6.07, 6.45) is 0. The number of para-hydroxylation sites is 3. The summed E-state index contributed by atoms with van der Waals surface area (Å²) in [5, 5.41) is 2.67. The van der Waals surface area contributed by atoms with Crippen molar-refractivity contribution in [3.63, 3.8) is 0 Å². The molecule has 0 radical (unpaired) electrons. The molecule has 3 N–H and O–H groups in total. The quantitative estimate of drug-likeness (QED) is 0.695. The predicted octanol–water partition coefficient (Wildman–Crippen LogP) is 3.05. The van der Waals surface area contributed by atoms with Gasteiger partial charge in [-0.2, -0.15) is 0 Å². The minimum Gasteiger partial charge on any atom is -0.431 e. The summed E-state index contributed by atoms with van der Waals surface area (Å²) in [6.45, 7) is 1.74. The van der Waals surface area contributed by atoms with Crippen LogP contribution in [0.4, 0.5) is 5.69 Å². The maximum atomic E-state index is 12.4. The van der Waals surface area contributed by atoms with Crippen LogP contribution in [-0.4, -0.2) is 22.0 Å². The largest absolute Gasteiger partial charge is 0.431 e. The van der Waals surface area contributed by atoms with Crippen LogP contribution in [0.3, 0.4) is 0 Å². The Morgan fingerprint density at radius 2 is 1.88 bits per heavy atom. The predicted molar refractivity (Wildman–Crippen MR) is 92.9 cm³/mol. The van der Waals surface area contributed by atoms with Gasteiger partial charge in [0.2, 0.25) is 5.91 Å². The van der Waals surface area contributed by atoms with Crippen molar-refractivity contribution < 1.29 is 14.0 Å². The molecule has 1 atom stereocenters. The zero-order valence-corrected chi connectivity index (χ0v) is 13.7. The molecule has 2 amide bonds. The number of aromatic nitrogens is 1. The lowest BCUT2D eigenvalue weighted by molar-refractivity contribution is -0.115. The number of benzene rings is 2. The van der Waals surface area contributed by atoms with Crippen molar-refractivity contribution in [1.82, 2.24) is 4.98 Å². The van der Waals surface area contributed by atoms with Crippen LogP contribution in [0, 0.1) is 0 Å². The SMILES string of the molecule is C[C@H](Sc1nc2ccccc2o1)C(=O)Nc1ccccc1C(N)=O. The molecule has 6 nitrogen and oxygen atoms in total. The van der Waals surface area contributed by atoms with E-state index in [1.807, 2.05) is 24.3 Å². The molecule has 0 aliphatic carbocycles. The lowest BCUT2D eigenvalue weighted by atomic mass is 10.1. The Kier molecular flexibility index (Phi) is 4.52. The number of carbonyl (C=O) groups excluding carboxylic acids is 2. The van der Waals surface area contributed by atoms with Gasteiger partial charge < -0.3 is 15.5 Å². The van der Waals surface area contributed by atoms with E-state index in [0.29, 0.717) is 16.5 Å². The number of anilines is 1. The van der Waals surface area contributed by atoms with Gasteiger partial charge in [0.1, 0.15) is 5.52 Å². The van der Waals surface area contributed by atoms with Crippen molar-refractivity contribution in [3.05, 3.63) is 54.1 Å². The first kappa shape index (κ1) is 16.1. The minimum atomic E-state index is -0.592. The summed E-state index contributed by atoms with van der Waals surface area (Å²) in [5.74, 6) is -0.860. The van der Waals surface area contributed by atoms with Crippen molar-refractivity contribution >= 4 is 40.4 Å². The Morgan fingerprint density at radius 1 is 1.17 bits per heavy atom. The Morgan fingerprint density at radius 3 is 2.62 bits per heavy atom. The zero-order chi connectivity index (χ0) is 17.1. The van der Waals surface area contributed by atoms with Crippen LogP contribution in [0.5, 0.6) is 0 Å². The highest BCUT2D eigenvalue weighted by atomic mass is 32.2. The van der Waals surface area contributed by atoms with Gasteiger partial charge in [-0.1, -0.05) is 36.0 Å². The minimum absolute atomic E-state index is 0.268. The molecule has 0 unspecified atom stereocenters. The molecule has 1 aromatic heterocycles. The molecule has 7 heteroatoms. The summed E-state index contributed by atoms with van der Waals surface area (Å²) in [6, 6.07) is 14.0. The Labute approximate surface area is 142 Å². The molecule has 24 heavy (non-hydrogen) atoms. The molecular weight excluding hydrogens is 326 g/mol. The third-order valence-electron chi connectivity index (χ3n) is 3.37. The second-order valence-electron chi connectivity index (χ2n) is 5.11. The number of rotatable bonds is 5. The van der Waals surface area contributed by atoms with Gasteiger partial charge in [-0.25, -0.2) is 4.98 Å². The van der Waals surface area contributed by atoms with Crippen LogP contribution >= 0.6 is 11.8 Å². The van der Waals surface area contributed by atoms with Gasteiger partial charge in [0.25, 0.3) is 11.1 Å². The maximum Gasteiger partial charge on any atom is 0.257 e. The van der Waals surface area contributed by atoms with Gasteiger partial charge >= 0.3 is 0 Å². The average molecular weight is 341 g/mol. The highest BCUT2D eigenvalue weighted by molar-refractivity contribution is 8.00. The zero-order valence-electron chi connectivity index (χ0n) is 12.9. The van der Waals surface area contributed by atoms with E-state index in [0.717, 1.165) is 5.52 Å². The van der Waals surface area contributed by atoms with E-state index in [-0.39, 0.29) is 11.5 Å². The molecule has 3 aromatic rings. The highest BCUT2D eigenvalue weighted by Crippen LogP contribution is 2.27. The second kappa shape index (κ2) is 6.76. The first-order valence-electron chi connectivity index (χ1n) is 7.26. The third kappa shape index (κ3) is 3.41. The standard InChI is InChI=1S/C17H15N3O3S/c1-10(24-17-20-13-8-4-5-9-14(13)23-17)16(22)19-12-7-3-2-6-11(12)15(18)21/h2-10H,1H3,(H2,18,21)(H,19,22)/t10-/m0/s1. The maximum absolute atomic E-state index is 12.4. The molecule has 0 saturated heterocycles. The van der Waals surface area contributed by atoms with Gasteiger partial charge in [0.15, 0.2) is 5.58 Å². The molecule has 0 aliphatic heterocycles. The third-order valence-corrected chi connectivity index (χ3v) is 4.32. The fourth-order valence-corrected chi connectivity index (χ4v) is 2.90. The summed E-state index contributed by atoms with van der Waals surface area (Å²) >= 11 is 1.20. The van der Waals surface area contributed by atoms with Crippen molar-refractivity contribution in [2.45, 2.75) is 17.4 Å². The summed E-state index contributed by atoms with van der Waals surface area (Å²) < 4.78 is 5.60. The number of amides is 2. The number of nitrogens with zero attached hydrogens (tertiary/aromatic N) is 1. The Hall–Kier alpha value is -2.80. The number of nitrogens with two attached hydrogens (primary N) is 1. The number of carbonyl (C=O) groups is 2. The molecule has 0 bridgehead atoms. The van der Waals surface area contributed by atoms with E-state index in [1.54, 1.807) is 31.2 Å². The van der Waals surface area contributed by atoms with Crippen LogP contribution in [-0.2, 0) is 4.79 Å². The number of hydrogen-bond acceptors (Lipinski definition) is 5. The molecule has 0 spiro atoms. The topological polar surface area (TPSA) is 98.2 Å². The molecular formula is C17H15N3O3S. The molecule has 0 saturated carbocycles. The van der Waals surface area contributed by atoms with Crippen molar-refractivity contribution in [2.75, 3.05) is 5.32 Å². The molecule has 3 rings (SSSR count). The van der Waals surface area contributed by atoms with Gasteiger partial charge in [-0.15, -0.1) is 0 Å². The van der Waals surface area contributed by atoms with E-state index in [9.17, 15) is 9.59 Å². The lowest BCUT2D eigenvalue weighted by Gasteiger charge is -2.12. The van der Waals surface area contributed by atoms with Crippen LogP contribution in [0.1, 0.15) is 17.3 Å². The Bertz CT molecular complexity index is 874. The second-order valence-corrected chi connectivity index (χ2v) is 6.40. The molecule has 2 aromatic carbocycles. The van der Waals surface area contributed by atoms with Crippen molar-refractivity contribution in [3.8, 4) is 0 Å². The fourth-order valence-electron chi connectivity index (χ4n) is 2.15. The van der Waals surface area contributed by atoms with E-state index in [2.05, 4.69) is 10.3 Å². The number of hydrogen-bond donors (Lipinski definition) is 2. The monoisotopic (exact) mass is 341 g/mol. The van der Waals surface area contributed by atoms with Crippen LogP contribution < -0.4 is 11.1 Å². The molecule has 0 aliphatic rings. The lowest BCUT2D eigenvalue weighted by Crippen LogP contribution is -2.24. The Balaban J connectivity index is 1.72. The van der Waals surface area contributed by atoms with Gasteiger partial charge in [-0.3, -0.25) is 9.59 Å². The highest BCUT2D eigenvalue weighted by Gasteiger charge is 2.19. The van der Waals surface area contributed by atoms with E-state index in [4.69, 9.17) is 10.2 Å². The van der Waals surface area contributed by atoms with Crippen LogP contribution in [0.25, 0.3) is 11.1 Å². The summed E-state index contributed by atoms with van der Waals surface area (Å²) in [7, 11) is 0. The number of oxazole rings is 1. The molecule has 1 heterocycles. The first-order chi connectivity index (χ1) is 11.5. The summed E-state index contributed by atoms with van der Waals surface area (Å²) in [5.41, 5.74) is 7.39. The number of primary amides is 1. The smallest absolute Gasteiger partial charge is 0.257 e. The molecule has 0 fully saturated rings. The average Bonchev–Trinajstić information content (AvgIpc) is 2.97. The van der Waals surface area contributed by atoms with Gasteiger partial charge in [-0.05, 0) is 31.2 Å². The van der Waals surface area contributed by atoms with E-state index < -0.39 is 11.2 Å². The number of nitrogens with one attached hydrogen (secondary N) is 1. The van der Waals surface area contributed by atoms with Crippen LogP contribution in [0.2, 0.25) is 0 Å². The van der Waals surface area contributed by atoms with Crippen molar-refractivity contribution in [2.24, 2.45) is 5.73 Å². The molecule has 122 valence electrons.